The Bertz CT molecular complexity index is 602. The number of nitrogens with one attached hydrogen (secondary N) is 1. The topological polar surface area (TPSA) is 59.8 Å². The number of halogens is 1. The lowest BCUT2D eigenvalue weighted by atomic mass is 10.2. The lowest BCUT2D eigenvalue weighted by molar-refractivity contribution is -0.120. The predicted molar refractivity (Wildman–Crippen MR) is 79.6 cm³/mol. The second kappa shape index (κ2) is 6.76. The molecule has 5 nitrogen and oxygen atoms in total. The Kier molecular flexibility index (Phi) is 5.03. The van der Waals surface area contributed by atoms with Crippen LogP contribution in [0.15, 0.2) is 35.7 Å². The molecule has 1 atom stereocenters. The third-order valence-corrected chi connectivity index (χ3v) is 4.25. The number of hydrogen-bond acceptors (Lipinski definition) is 4. The molecule has 0 bridgehead atoms. The van der Waals surface area contributed by atoms with Gasteiger partial charge in [-0.25, -0.2) is 0 Å². The Morgan fingerprint density at radius 1 is 1.50 bits per heavy atom. The van der Waals surface area contributed by atoms with Crippen LogP contribution >= 0.6 is 23.4 Å². The average Bonchev–Trinajstić information content (AvgIpc) is 2.83. The van der Waals surface area contributed by atoms with Gasteiger partial charge in [0.1, 0.15) is 6.33 Å². The van der Waals surface area contributed by atoms with Crippen molar-refractivity contribution in [2.45, 2.75) is 23.9 Å². The van der Waals surface area contributed by atoms with Gasteiger partial charge in [0.15, 0.2) is 5.16 Å². The van der Waals surface area contributed by atoms with Gasteiger partial charge in [-0.3, -0.25) is 4.79 Å². The summed E-state index contributed by atoms with van der Waals surface area (Å²) in [6.45, 7) is 2.25. The van der Waals surface area contributed by atoms with Crippen LogP contribution in [-0.2, 0) is 18.4 Å². The fraction of sp³-hybridized carbons (Fsp3) is 0.308. The normalized spacial score (nSPS) is 12.2. The predicted octanol–water partition coefficient (Wildman–Crippen LogP) is 2.27. The highest BCUT2D eigenvalue weighted by molar-refractivity contribution is 8.00. The summed E-state index contributed by atoms with van der Waals surface area (Å²) >= 11 is 7.41. The molecule has 0 aliphatic heterocycles. The van der Waals surface area contributed by atoms with Crippen molar-refractivity contribution in [2.75, 3.05) is 0 Å². The first kappa shape index (κ1) is 14.9. The molecular formula is C13H15ClN4OS. The third kappa shape index (κ3) is 3.74. The van der Waals surface area contributed by atoms with Gasteiger partial charge in [0.25, 0.3) is 0 Å². The van der Waals surface area contributed by atoms with Crippen LogP contribution in [-0.4, -0.2) is 25.9 Å². The van der Waals surface area contributed by atoms with Crippen molar-refractivity contribution in [3.63, 3.8) is 0 Å². The van der Waals surface area contributed by atoms with Crippen LogP contribution in [0.3, 0.4) is 0 Å². The first-order valence-electron chi connectivity index (χ1n) is 6.09. The molecule has 0 saturated heterocycles. The molecule has 0 aliphatic carbocycles. The Morgan fingerprint density at radius 2 is 2.25 bits per heavy atom. The number of nitrogens with zero attached hydrogens (tertiary/aromatic N) is 3. The molecule has 0 fully saturated rings. The molecule has 0 spiro atoms. The first-order chi connectivity index (χ1) is 9.58. The van der Waals surface area contributed by atoms with Crippen molar-refractivity contribution in [3.8, 4) is 0 Å². The fourth-order valence-corrected chi connectivity index (χ4v) is 2.58. The highest BCUT2D eigenvalue weighted by atomic mass is 35.5. The molecule has 20 heavy (non-hydrogen) atoms. The molecule has 1 aromatic heterocycles. The molecule has 1 heterocycles. The molecule has 1 amide bonds. The van der Waals surface area contributed by atoms with Gasteiger partial charge in [-0.15, -0.1) is 10.2 Å². The first-order valence-corrected chi connectivity index (χ1v) is 7.35. The Labute approximate surface area is 126 Å². The largest absolute Gasteiger partial charge is 0.351 e. The van der Waals surface area contributed by atoms with E-state index in [4.69, 9.17) is 11.6 Å². The zero-order chi connectivity index (χ0) is 14.5. The molecule has 7 heteroatoms. The second-order valence-corrected chi connectivity index (χ2v) is 6.01. The van der Waals surface area contributed by atoms with Gasteiger partial charge in [0.05, 0.1) is 5.25 Å². The van der Waals surface area contributed by atoms with Gasteiger partial charge in [0.2, 0.25) is 5.91 Å². The minimum Gasteiger partial charge on any atom is -0.351 e. The van der Waals surface area contributed by atoms with Gasteiger partial charge in [0, 0.05) is 18.6 Å². The number of thioether (sulfide) groups is 1. The van der Waals surface area contributed by atoms with E-state index >= 15 is 0 Å². The Hall–Kier alpha value is -1.53. The van der Waals surface area contributed by atoms with Crippen LogP contribution in [0.1, 0.15) is 12.5 Å². The molecule has 1 aromatic carbocycles. The van der Waals surface area contributed by atoms with E-state index in [1.807, 2.05) is 32.2 Å². The molecule has 2 aromatic rings. The summed E-state index contributed by atoms with van der Waals surface area (Å²) in [5.41, 5.74) is 0.901. The van der Waals surface area contributed by atoms with E-state index in [0.29, 0.717) is 16.7 Å². The third-order valence-electron chi connectivity index (χ3n) is 2.73. The Morgan fingerprint density at radius 3 is 2.90 bits per heavy atom. The fourth-order valence-electron chi connectivity index (χ4n) is 1.56. The standard InChI is InChI=1S/C13H15ClN4OS/c1-9(20-13-17-16-8-18(13)2)12(19)15-7-10-5-3-4-6-11(10)14/h3-6,8-9H,7H2,1-2H3,(H,15,19). The van der Waals surface area contributed by atoms with Gasteiger partial charge < -0.3 is 9.88 Å². The molecule has 1 N–H and O–H groups in total. The monoisotopic (exact) mass is 310 g/mol. The molecule has 2 rings (SSSR count). The maximum absolute atomic E-state index is 12.0. The van der Waals surface area contributed by atoms with E-state index in [0.717, 1.165) is 5.56 Å². The highest BCUT2D eigenvalue weighted by Gasteiger charge is 2.16. The summed E-state index contributed by atoms with van der Waals surface area (Å²) in [6, 6.07) is 7.45. The van der Waals surface area contributed by atoms with Crippen molar-refractivity contribution in [1.29, 1.82) is 0 Å². The lowest BCUT2D eigenvalue weighted by Gasteiger charge is -2.11. The number of amides is 1. The smallest absolute Gasteiger partial charge is 0.233 e. The molecule has 106 valence electrons. The van der Waals surface area contributed by atoms with Gasteiger partial charge in [-0.05, 0) is 18.6 Å². The number of carbonyl (C=O) groups is 1. The molecular weight excluding hydrogens is 296 g/mol. The molecule has 0 aliphatic rings. The average molecular weight is 311 g/mol. The SMILES string of the molecule is CC(Sc1nncn1C)C(=O)NCc1ccccc1Cl. The summed E-state index contributed by atoms with van der Waals surface area (Å²) in [4.78, 5) is 12.0. The summed E-state index contributed by atoms with van der Waals surface area (Å²) in [5, 5.41) is 11.7. The van der Waals surface area contributed by atoms with Crippen LogP contribution in [0, 0.1) is 0 Å². The van der Waals surface area contributed by atoms with Crippen LogP contribution in [0.4, 0.5) is 0 Å². The van der Waals surface area contributed by atoms with Gasteiger partial charge >= 0.3 is 0 Å². The Balaban J connectivity index is 1.89. The van der Waals surface area contributed by atoms with E-state index in [1.165, 1.54) is 11.8 Å². The minimum atomic E-state index is -0.250. The van der Waals surface area contributed by atoms with E-state index in [9.17, 15) is 4.79 Å². The summed E-state index contributed by atoms with van der Waals surface area (Å²) < 4.78 is 1.78. The maximum atomic E-state index is 12.0. The van der Waals surface area contributed by atoms with Crippen molar-refractivity contribution in [1.82, 2.24) is 20.1 Å². The minimum absolute atomic E-state index is 0.0575. The van der Waals surface area contributed by atoms with Crippen LogP contribution in [0.2, 0.25) is 5.02 Å². The molecule has 1 unspecified atom stereocenters. The van der Waals surface area contributed by atoms with Crippen molar-refractivity contribution < 1.29 is 4.79 Å². The van der Waals surface area contributed by atoms with Crippen LogP contribution in [0.5, 0.6) is 0 Å². The number of benzene rings is 1. The second-order valence-electron chi connectivity index (χ2n) is 4.29. The van der Waals surface area contributed by atoms with Gasteiger partial charge in [-0.2, -0.15) is 0 Å². The van der Waals surface area contributed by atoms with Crippen molar-refractivity contribution >= 4 is 29.3 Å². The number of aryl methyl sites for hydroxylation is 1. The summed E-state index contributed by atoms with van der Waals surface area (Å²) in [7, 11) is 1.84. The maximum Gasteiger partial charge on any atom is 0.233 e. The van der Waals surface area contributed by atoms with Crippen LogP contribution in [0.25, 0.3) is 0 Å². The lowest BCUT2D eigenvalue weighted by Crippen LogP contribution is -2.30. The number of aromatic nitrogens is 3. The number of carbonyl (C=O) groups excluding carboxylic acids is 1. The zero-order valence-electron chi connectivity index (χ0n) is 11.2. The zero-order valence-corrected chi connectivity index (χ0v) is 12.8. The highest BCUT2D eigenvalue weighted by Crippen LogP contribution is 2.20. The molecule has 0 saturated carbocycles. The van der Waals surface area contributed by atoms with Gasteiger partial charge in [-0.1, -0.05) is 41.6 Å². The van der Waals surface area contributed by atoms with E-state index in [1.54, 1.807) is 17.0 Å². The quantitative estimate of drug-likeness (QED) is 0.861. The van der Waals surface area contributed by atoms with E-state index < -0.39 is 0 Å². The van der Waals surface area contributed by atoms with Crippen molar-refractivity contribution in [2.24, 2.45) is 7.05 Å². The van der Waals surface area contributed by atoms with E-state index in [-0.39, 0.29) is 11.2 Å². The van der Waals surface area contributed by atoms with E-state index in [2.05, 4.69) is 15.5 Å². The van der Waals surface area contributed by atoms with Crippen molar-refractivity contribution in [3.05, 3.63) is 41.2 Å². The number of rotatable bonds is 5. The number of hydrogen-bond donors (Lipinski definition) is 1. The summed E-state index contributed by atoms with van der Waals surface area (Å²) in [5.74, 6) is -0.0575. The molecule has 0 radical (unpaired) electrons. The van der Waals surface area contributed by atoms with Crippen LogP contribution < -0.4 is 5.32 Å². The summed E-state index contributed by atoms with van der Waals surface area (Å²) in [6.07, 6.45) is 1.61.